The summed E-state index contributed by atoms with van der Waals surface area (Å²) in [4.78, 5) is 26.8. The molecule has 1 fully saturated rings. The highest BCUT2D eigenvalue weighted by Crippen LogP contribution is 2.53. The van der Waals surface area contributed by atoms with Crippen molar-refractivity contribution in [2.24, 2.45) is 5.73 Å². The van der Waals surface area contributed by atoms with Gasteiger partial charge in [-0.05, 0) is 0 Å². The third-order valence-electron chi connectivity index (χ3n) is 0.994. The van der Waals surface area contributed by atoms with E-state index in [1.807, 2.05) is 0 Å². The lowest BCUT2D eigenvalue weighted by Crippen LogP contribution is -2.16. The number of rotatable bonds is 2. The second-order valence-electron chi connectivity index (χ2n) is 1.92. The molecule has 0 aromatic heterocycles. The Hall–Kier alpha value is -0.620. The van der Waals surface area contributed by atoms with Crippen LogP contribution in [0.15, 0.2) is 0 Å². The second-order valence-corrected chi connectivity index (χ2v) is 3.61. The SMILES string of the molecule is NC(=O)O[C@@H]1O[C@@H]1P(=O)(O)O. The van der Waals surface area contributed by atoms with Crippen LogP contribution in [0.4, 0.5) is 4.79 Å². The summed E-state index contributed by atoms with van der Waals surface area (Å²) >= 11 is 0. The molecule has 0 radical (unpaired) electrons. The molecule has 0 bridgehead atoms. The van der Waals surface area contributed by atoms with Crippen LogP contribution in [-0.4, -0.2) is 28.0 Å². The number of amides is 1. The Kier molecular flexibility index (Phi) is 1.89. The van der Waals surface area contributed by atoms with Crippen LogP contribution in [0.3, 0.4) is 0 Å². The van der Waals surface area contributed by atoms with Crippen LogP contribution in [0.5, 0.6) is 0 Å². The third-order valence-corrected chi connectivity index (χ3v) is 2.02. The first-order valence-corrected chi connectivity index (χ1v) is 4.26. The highest BCUT2D eigenvalue weighted by Gasteiger charge is 2.54. The molecule has 0 unspecified atom stereocenters. The minimum Gasteiger partial charge on any atom is -0.416 e. The Morgan fingerprint density at radius 3 is 2.45 bits per heavy atom. The molecule has 0 spiro atoms. The predicted octanol–water partition coefficient (Wildman–Crippen LogP) is -1.06. The number of hydrogen-bond donors (Lipinski definition) is 3. The Morgan fingerprint density at radius 2 is 2.18 bits per heavy atom. The molecule has 1 heterocycles. The summed E-state index contributed by atoms with van der Waals surface area (Å²) in [5.74, 6) is -1.34. The number of carbonyl (C=O) groups is 1. The zero-order valence-electron chi connectivity index (χ0n) is 5.21. The summed E-state index contributed by atoms with van der Waals surface area (Å²) in [6, 6.07) is 0. The minimum atomic E-state index is -4.29. The average Bonchev–Trinajstić information content (AvgIpc) is 2.40. The number of hydrogen-bond acceptors (Lipinski definition) is 4. The van der Waals surface area contributed by atoms with E-state index >= 15 is 0 Å². The molecule has 7 nitrogen and oxygen atoms in total. The number of nitrogens with two attached hydrogens (primary N) is 1. The maximum atomic E-state index is 10.3. The molecular formula is C3H6NO6P. The molecule has 2 atom stereocenters. The zero-order valence-corrected chi connectivity index (χ0v) is 6.10. The van der Waals surface area contributed by atoms with E-state index in [1.54, 1.807) is 0 Å². The Morgan fingerprint density at radius 1 is 1.64 bits per heavy atom. The van der Waals surface area contributed by atoms with Crippen molar-refractivity contribution in [2.45, 2.75) is 12.1 Å². The molecule has 1 rings (SSSR count). The standard InChI is InChI=1S/C3H6NO6P/c4-3(5)10-1-2(9-1)11(6,7)8/h1-2H,(H2,4,5)(H2,6,7,8)/t1-,2+/m0/s1. The van der Waals surface area contributed by atoms with E-state index in [4.69, 9.17) is 9.79 Å². The summed E-state index contributed by atoms with van der Waals surface area (Å²) in [7, 11) is -4.29. The molecule has 8 heteroatoms. The number of ether oxygens (including phenoxy) is 2. The van der Waals surface area contributed by atoms with Gasteiger partial charge in [-0.3, -0.25) is 4.57 Å². The van der Waals surface area contributed by atoms with Gasteiger partial charge < -0.3 is 25.0 Å². The fourth-order valence-electron chi connectivity index (χ4n) is 0.530. The van der Waals surface area contributed by atoms with Gasteiger partial charge in [-0.2, -0.15) is 0 Å². The lowest BCUT2D eigenvalue weighted by molar-refractivity contribution is 0.100. The van der Waals surface area contributed by atoms with Gasteiger partial charge in [0.1, 0.15) is 0 Å². The van der Waals surface area contributed by atoms with Gasteiger partial charge in [-0.25, -0.2) is 4.79 Å². The molecule has 0 saturated carbocycles. The first kappa shape index (κ1) is 8.48. The fourth-order valence-corrected chi connectivity index (χ4v) is 1.19. The maximum absolute atomic E-state index is 10.3. The first-order chi connectivity index (χ1) is 4.91. The monoisotopic (exact) mass is 183 g/mol. The molecule has 64 valence electrons. The molecule has 0 aliphatic carbocycles. The number of epoxide rings is 1. The summed E-state index contributed by atoms with van der Waals surface area (Å²) < 4.78 is 18.8. The predicted molar refractivity (Wildman–Crippen MR) is 31.4 cm³/mol. The van der Waals surface area contributed by atoms with Crippen LogP contribution in [0.2, 0.25) is 0 Å². The Labute approximate surface area is 61.2 Å². The van der Waals surface area contributed by atoms with Gasteiger partial charge in [0.25, 0.3) is 0 Å². The highest BCUT2D eigenvalue weighted by molar-refractivity contribution is 7.52. The number of carbonyl (C=O) groups excluding carboxylic acids is 1. The molecule has 0 aromatic rings. The van der Waals surface area contributed by atoms with Crippen molar-refractivity contribution in [2.75, 3.05) is 0 Å². The van der Waals surface area contributed by atoms with Crippen molar-refractivity contribution in [3.8, 4) is 0 Å². The summed E-state index contributed by atoms with van der Waals surface area (Å²) in [6.45, 7) is 0. The third kappa shape index (κ3) is 2.16. The Bertz CT molecular complexity index is 222. The van der Waals surface area contributed by atoms with Gasteiger partial charge in [0, 0.05) is 0 Å². The summed E-state index contributed by atoms with van der Waals surface area (Å²) in [5.41, 5.74) is 4.54. The van der Waals surface area contributed by atoms with Crippen molar-refractivity contribution in [1.29, 1.82) is 0 Å². The Balaban J connectivity index is 2.38. The van der Waals surface area contributed by atoms with Gasteiger partial charge >= 0.3 is 13.7 Å². The van der Waals surface area contributed by atoms with E-state index in [1.165, 1.54) is 0 Å². The van der Waals surface area contributed by atoms with E-state index < -0.39 is 25.8 Å². The van der Waals surface area contributed by atoms with E-state index in [2.05, 4.69) is 15.2 Å². The van der Waals surface area contributed by atoms with E-state index in [0.717, 1.165) is 0 Å². The van der Waals surface area contributed by atoms with Gasteiger partial charge in [-0.15, -0.1) is 0 Å². The minimum absolute atomic E-state index is 1.12. The molecule has 11 heavy (non-hydrogen) atoms. The van der Waals surface area contributed by atoms with E-state index in [9.17, 15) is 9.36 Å². The molecule has 4 N–H and O–H groups in total. The zero-order chi connectivity index (χ0) is 8.65. The normalized spacial score (nSPS) is 29.6. The fraction of sp³-hybridized carbons (Fsp3) is 0.667. The van der Waals surface area contributed by atoms with Gasteiger partial charge in [0.05, 0.1) is 0 Å². The van der Waals surface area contributed by atoms with Crippen molar-refractivity contribution >= 4 is 13.7 Å². The molecule has 1 saturated heterocycles. The quantitative estimate of drug-likeness (QED) is 0.370. The first-order valence-electron chi connectivity index (χ1n) is 2.58. The summed E-state index contributed by atoms with van der Waals surface area (Å²) in [5, 5.41) is 0. The van der Waals surface area contributed by atoms with Crippen molar-refractivity contribution in [3.63, 3.8) is 0 Å². The highest BCUT2D eigenvalue weighted by atomic mass is 31.2. The summed E-state index contributed by atoms with van der Waals surface area (Å²) in [6.07, 6.45) is -2.31. The molecule has 0 aromatic carbocycles. The molecule has 1 aliphatic heterocycles. The van der Waals surface area contributed by atoms with Gasteiger partial charge in [-0.1, -0.05) is 0 Å². The van der Waals surface area contributed by atoms with Crippen LogP contribution in [0, 0.1) is 0 Å². The van der Waals surface area contributed by atoms with Crippen LogP contribution >= 0.6 is 7.60 Å². The number of primary amides is 1. The average molecular weight is 183 g/mol. The lowest BCUT2D eigenvalue weighted by Gasteiger charge is -1.96. The molecule has 1 aliphatic rings. The maximum Gasteiger partial charge on any atom is 0.406 e. The largest absolute Gasteiger partial charge is 0.416 e. The lowest BCUT2D eigenvalue weighted by atomic mass is 10.8. The van der Waals surface area contributed by atoms with Gasteiger partial charge in [0.2, 0.25) is 12.1 Å². The van der Waals surface area contributed by atoms with Crippen molar-refractivity contribution < 1.29 is 28.6 Å². The van der Waals surface area contributed by atoms with E-state index in [-0.39, 0.29) is 0 Å². The molecular weight excluding hydrogens is 177 g/mol. The van der Waals surface area contributed by atoms with Crippen LogP contribution in [0.25, 0.3) is 0 Å². The van der Waals surface area contributed by atoms with Crippen molar-refractivity contribution in [1.82, 2.24) is 0 Å². The van der Waals surface area contributed by atoms with Gasteiger partial charge in [0.15, 0.2) is 0 Å². The van der Waals surface area contributed by atoms with Crippen molar-refractivity contribution in [3.05, 3.63) is 0 Å². The smallest absolute Gasteiger partial charge is 0.406 e. The second kappa shape index (κ2) is 2.46. The topological polar surface area (TPSA) is 122 Å². The van der Waals surface area contributed by atoms with E-state index in [0.29, 0.717) is 0 Å². The van der Waals surface area contributed by atoms with Crippen LogP contribution < -0.4 is 5.73 Å². The van der Waals surface area contributed by atoms with Crippen LogP contribution in [0.1, 0.15) is 0 Å². The molecule has 1 amide bonds. The van der Waals surface area contributed by atoms with Crippen LogP contribution in [-0.2, 0) is 14.0 Å².